The maximum atomic E-state index is 11.9. The first-order chi connectivity index (χ1) is 9.66. The van der Waals surface area contributed by atoms with E-state index in [1.807, 2.05) is 18.2 Å². The van der Waals surface area contributed by atoms with E-state index >= 15 is 0 Å². The van der Waals surface area contributed by atoms with E-state index < -0.39 is 0 Å². The van der Waals surface area contributed by atoms with Crippen LogP contribution in [0.2, 0.25) is 0 Å². The summed E-state index contributed by atoms with van der Waals surface area (Å²) in [5.74, 6) is 0.755. The second-order valence-corrected chi connectivity index (χ2v) is 6.18. The van der Waals surface area contributed by atoms with Gasteiger partial charge in [-0.3, -0.25) is 4.79 Å². The van der Waals surface area contributed by atoms with Gasteiger partial charge >= 0.3 is 0 Å². The van der Waals surface area contributed by atoms with Crippen molar-refractivity contribution in [1.82, 2.24) is 5.32 Å². The van der Waals surface area contributed by atoms with Crippen molar-refractivity contribution < 1.29 is 4.79 Å². The summed E-state index contributed by atoms with van der Waals surface area (Å²) in [6.07, 6.45) is 0. The van der Waals surface area contributed by atoms with Gasteiger partial charge < -0.3 is 11.1 Å². The quantitative estimate of drug-likeness (QED) is 0.492. The van der Waals surface area contributed by atoms with Crippen molar-refractivity contribution >= 4 is 39.3 Å². The molecule has 0 aliphatic rings. The minimum absolute atomic E-state index is 0.0839. The van der Waals surface area contributed by atoms with Gasteiger partial charge in [0.25, 0.3) is 5.91 Å². The summed E-state index contributed by atoms with van der Waals surface area (Å²) in [5, 5.41) is 2.89. The number of hydrogen-bond acceptors (Lipinski definition) is 3. The molecule has 0 saturated carbocycles. The molecule has 0 aliphatic carbocycles. The number of thioether (sulfide) groups is 1. The predicted molar refractivity (Wildman–Crippen MR) is 88.1 cm³/mol. The minimum Gasteiger partial charge on any atom is -0.398 e. The highest BCUT2D eigenvalue weighted by Gasteiger charge is 2.06. The lowest BCUT2D eigenvalue weighted by Gasteiger charge is -2.06. The van der Waals surface area contributed by atoms with Crippen molar-refractivity contribution in [2.75, 3.05) is 18.0 Å². The van der Waals surface area contributed by atoms with Gasteiger partial charge in [0.2, 0.25) is 0 Å². The van der Waals surface area contributed by atoms with E-state index in [-0.39, 0.29) is 5.91 Å². The van der Waals surface area contributed by atoms with E-state index in [1.165, 1.54) is 4.90 Å². The Morgan fingerprint density at radius 3 is 2.65 bits per heavy atom. The summed E-state index contributed by atoms with van der Waals surface area (Å²) in [4.78, 5) is 13.1. The van der Waals surface area contributed by atoms with E-state index in [9.17, 15) is 4.79 Å². The van der Waals surface area contributed by atoms with Crippen LogP contribution in [0.1, 0.15) is 10.4 Å². The van der Waals surface area contributed by atoms with Crippen molar-refractivity contribution in [1.29, 1.82) is 0 Å². The van der Waals surface area contributed by atoms with Crippen LogP contribution >= 0.6 is 27.7 Å². The molecule has 5 heteroatoms. The van der Waals surface area contributed by atoms with E-state index in [0.717, 1.165) is 10.2 Å². The van der Waals surface area contributed by atoms with Gasteiger partial charge in [-0.1, -0.05) is 18.2 Å². The molecule has 1 amide bonds. The maximum absolute atomic E-state index is 11.9. The first-order valence-electron chi connectivity index (χ1n) is 6.18. The SMILES string of the molecule is Nc1ccc(C(=O)NCCSc2ccccc2)cc1Br. The zero-order valence-electron chi connectivity index (χ0n) is 10.8. The monoisotopic (exact) mass is 350 g/mol. The number of anilines is 1. The topological polar surface area (TPSA) is 55.1 Å². The normalized spacial score (nSPS) is 10.2. The van der Waals surface area contributed by atoms with Gasteiger partial charge in [0, 0.05) is 32.9 Å². The lowest BCUT2D eigenvalue weighted by atomic mass is 10.2. The second kappa shape index (κ2) is 7.36. The Bertz CT molecular complexity index is 590. The van der Waals surface area contributed by atoms with Crippen LogP contribution in [0.15, 0.2) is 57.9 Å². The molecule has 2 rings (SSSR count). The molecule has 0 unspecified atom stereocenters. The van der Waals surface area contributed by atoms with E-state index in [1.54, 1.807) is 30.0 Å². The van der Waals surface area contributed by atoms with Gasteiger partial charge in [0.1, 0.15) is 0 Å². The number of carbonyl (C=O) groups excluding carboxylic acids is 1. The zero-order valence-corrected chi connectivity index (χ0v) is 13.2. The first kappa shape index (κ1) is 14.9. The smallest absolute Gasteiger partial charge is 0.251 e. The van der Waals surface area contributed by atoms with Crippen molar-refractivity contribution in [2.45, 2.75) is 4.90 Å². The van der Waals surface area contributed by atoms with Crippen LogP contribution in [-0.4, -0.2) is 18.2 Å². The minimum atomic E-state index is -0.0839. The fourth-order valence-corrected chi connectivity index (χ4v) is 2.79. The molecule has 0 radical (unpaired) electrons. The lowest BCUT2D eigenvalue weighted by Crippen LogP contribution is -2.25. The summed E-state index contributed by atoms with van der Waals surface area (Å²) in [7, 11) is 0. The highest BCUT2D eigenvalue weighted by Crippen LogP contribution is 2.20. The van der Waals surface area contributed by atoms with Crippen LogP contribution in [0, 0.1) is 0 Å². The summed E-state index contributed by atoms with van der Waals surface area (Å²) in [6, 6.07) is 15.3. The van der Waals surface area contributed by atoms with E-state index in [0.29, 0.717) is 17.8 Å². The third-order valence-corrected chi connectivity index (χ3v) is 4.36. The number of halogens is 1. The lowest BCUT2D eigenvalue weighted by molar-refractivity contribution is 0.0956. The summed E-state index contributed by atoms with van der Waals surface area (Å²) >= 11 is 5.04. The maximum Gasteiger partial charge on any atom is 0.251 e. The number of nitrogens with one attached hydrogen (secondary N) is 1. The molecule has 2 aromatic carbocycles. The fourth-order valence-electron chi connectivity index (χ4n) is 1.62. The first-order valence-corrected chi connectivity index (χ1v) is 7.96. The zero-order chi connectivity index (χ0) is 14.4. The summed E-state index contributed by atoms with van der Waals surface area (Å²) in [6.45, 7) is 0.625. The van der Waals surface area contributed by atoms with Crippen LogP contribution in [0.5, 0.6) is 0 Å². The van der Waals surface area contributed by atoms with Gasteiger partial charge in [0.15, 0.2) is 0 Å². The fraction of sp³-hybridized carbons (Fsp3) is 0.133. The van der Waals surface area contributed by atoms with Crippen molar-refractivity contribution in [3.05, 3.63) is 58.6 Å². The van der Waals surface area contributed by atoms with Crippen LogP contribution in [0.4, 0.5) is 5.69 Å². The molecule has 0 saturated heterocycles. The third-order valence-electron chi connectivity index (χ3n) is 2.66. The molecule has 0 aliphatic heterocycles. The Morgan fingerprint density at radius 1 is 1.20 bits per heavy atom. The Labute approximate surface area is 131 Å². The van der Waals surface area contributed by atoms with Crippen LogP contribution in [0.3, 0.4) is 0 Å². The molecule has 3 N–H and O–H groups in total. The average Bonchev–Trinajstić information content (AvgIpc) is 2.47. The summed E-state index contributed by atoms with van der Waals surface area (Å²) < 4.78 is 0.740. The van der Waals surface area contributed by atoms with Gasteiger partial charge in [-0.2, -0.15) is 0 Å². The molecule has 2 aromatic rings. The number of nitrogens with two attached hydrogens (primary N) is 1. The van der Waals surface area contributed by atoms with E-state index in [4.69, 9.17) is 5.73 Å². The molecular weight excluding hydrogens is 336 g/mol. The van der Waals surface area contributed by atoms with Crippen LogP contribution in [0.25, 0.3) is 0 Å². The standard InChI is InChI=1S/C15H15BrN2OS/c16-13-10-11(6-7-14(13)17)15(19)18-8-9-20-12-4-2-1-3-5-12/h1-7,10H,8-9,17H2,(H,18,19). The number of benzene rings is 2. The van der Waals surface area contributed by atoms with Gasteiger partial charge in [-0.15, -0.1) is 11.8 Å². The van der Waals surface area contributed by atoms with Gasteiger partial charge in [-0.25, -0.2) is 0 Å². The summed E-state index contributed by atoms with van der Waals surface area (Å²) in [5.41, 5.74) is 6.93. The molecular formula is C15H15BrN2OS. The Kier molecular flexibility index (Phi) is 5.49. The molecule has 104 valence electrons. The molecule has 0 heterocycles. The molecule has 0 spiro atoms. The third kappa shape index (κ3) is 4.28. The number of amides is 1. The van der Waals surface area contributed by atoms with Gasteiger partial charge in [-0.05, 0) is 46.3 Å². The van der Waals surface area contributed by atoms with Crippen molar-refractivity contribution in [3.63, 3.8) is 0 Å². The van der Waals surface area contributed by atoms with Crippen LogP contribution in [-0.2, 0) is 0 Å². The Balaban J connectivity index is 1.79. The Hall–Kier alpha value is -1.46. The molecule has 0 atom stereocenters. The molecule has 0 bridgehead atoms. The number of carbonyl (C=O) groups is 1. The highest BCUT2D eigenvalue weighted by molar-refractivity contribution is 9.10. The number of hydrogen-bond donors (Lipinski definition) is 2. The van der Waals surface area contributed by atoms with E-state index in [2.05, 4.69) is 33.4 Å². The van der Waals surface area contributed by atoms with Crippen LogP contribution < -0.4 is 11.1 Å². The highest BCUT2D eigenvalue weighted by atomic mass is 79.9. The van der Waals surface area contributed by atoms with Crippen molar-refractivity contribution in [2.24, 2.45) is 0 Å². The molecule has 0 aromatic heterocycles. The Morgan fingerprint density at radius 2 is 1.95 bits per heavy atom. The largest absolute Gasteiger partial charge is 0.398 e. The molecule has 3 nitrogen and oxygen atoms in total. The molecule has 20 heavy (non-hydrogen) atoms. The molecule has 0 fully saturated rings. The predicted octanol–water partition coefficient (Wildman–Crippen LogP) is 3.55. The van der Waals surface area contributed by atoms with Crippen molar-refractivity contribution in [3.8, 4) is 0 Å². The number of rotatable bonds is 5. The second-order valence-electron chi connectivity index (χ2n) is 4.15. The van der Waals surface area contributed by atoms with Gasteiger partial charge in [0.05, 0.1) is 0 Å². The average molecular weight is 351 g/mol. The number of nitrogen functional groups attached to an aromatic ring is 1.